The molecule has 4 nitrogen and oxygen atoms in total. The highest BCUT2D eigenvalue weighted by Crippen LogP contribution is 2.17. The first-order valence-electron chi connectivity index (χ1n) is 10.4. The van der Waals surface area contributed by atoms with E-state index in [0.29, 0.717) is 0 Å². The van der Waals surface area contributed by atoms with Gasteiger partial charge in [0.2, 0.25) is 12.4 Å². The van der Waals surface area contributed by atoms with Gasteiger partial charge in [-0.25, -0.2) is 9.68 Å². The molecule has 0 saturated heterocycles. The summed E-state index contributed by atoms with van der Waals surface area (Å²) in [5, 5.41) is 2.44. The SMILES string of the molecule is CCCc1cccc2c1ccc[n+]2OCO[n+]1cccc2c(CCC)cccc21. The van der Waals surface area contributed by atoms with E-state index in [-0.39, 0.29) is 6.79 Å². The maximum absolute atomic E-state index is 5.96. The van der Waals surface area contributed by atoms with Crippen molar-refractivity contribution in [3.8, 4) is 0 Å². The fourth-order valence-electron chi connectivity index (χ4n) is 3.90. The van der Waals surface area contributed by atoms with Crippen LogP contribution in [0.1, 0.15) is 37.8 Å². The normalized spacial score (nSPS) is 11.1. The van der Waals surface area contributed by atoms with Crippen LogP contribution in [0.25, 0.3) is 21.8 Å². The summed E-state index contributed by atoms with van der Waals surface area (Å²) in [7, 11) is 0. The lowest BCUT2D eigenvalue weighted by Gasteiger charge is -2.05. The van der Waals surface area contributed by atoms with E-state index in [1.807, 2.05) is 24.5 Å². The Morgan fingerprint density at radius 2 is 1.10 bits per heavy atom. The Labute approximate surface area is 171 Å². The first-order valence-corrected chi connectivity index (χ1v) is 10.4. The predicted octanol–water partition coefficient (Wildman–Crippen LogP) is 3.99. The molecule has 0 amide bonds. The van der Waals surface area contributed by atoms with E-state index in [1.54, 1.807) is 9.46 Å². The van der Waals surface area contributed by atoms with E-state index in [0.717, 1.165) is 36.7 Å². The molecule has 0 N–H and O–H groups in total. The summed E-state index contributed by atoms with van der Waals surface area (Å²) < 4.78 is 3.59. The van der Waals surface area contributed by atoms with Crippen LogP contribution < -0.4 is 19.1 Å². The average molecular weight is 389 g/mol. The lowest BCUT2D eigenvalue weighted by Crippen LogP contribution is -2.52. The first kappa shape index (κ1) is 19.2. The molecular weight excluding hydrogens is 360 g/mol. The van der Waals surface area contributed by atoms with Gasteiger partial charge in [0.05, 0.1) is 10.8 Å². The van der Waals surface area contributed by atoms with Crippen LogP contribution in [0.4, 0.5) is 0 Å². The molecule has 4 rings (SSSR count). The van der Waals surface area contributed by atoms with Crippen LogP contribution in [0.3, 0.4) is 0 Å². The van der Waals surface area contributed by atoms with Gasteiger partial charge in [0.1, 0.15) is 0 Å². The Balaban J connectivity index is 1.55. The number of pyridine rings is 2. The number of aromatic nitrogens is 2. The van der Waals surface area contributed by atoms with Gasteiger partial charge in [-0.1, -0.05) is 51.0 Å². The second-order valence-corrected chi connectivity index (χ2v) is 7.24. The molecule has 4 aromatic rings. The minimum absolute atomic E-state index is 0.115. The lowest BCUT2D eigenvalue weighted by molar-refractivity contribution is -0.932. The van der Waals surface area contributed by atoms with Crippen molar-refractivity contribution in [2.24, 2.45) is 0 Å². The van der Waals surface area contributed by atoms with E-state index in [4.69, 9.17) is 9.68 Å². The standard InChI is InChI=1S/C25H28N2O2/c1-3-9-20-11-5-15-24-22(20)13-7-17-26(24)28-19-29-27-18-8-14-23-21(10-4-2)12-6-16-25(23)27/h5-8,11-18H,3-4,9-10,19H2,1-2H3/q+2. The number of hydrogen-bond donors (Lipinski definition) is 0. The molecule has 0 saturated carbocycles. The molecule has 0 radical (unpaired) electrons. The second kappa shape index (κ2) is 8.91. The zero-order valence-corrected chi connectivity index (χ0v) is 17.2. The minimum Gasteiger partial charge on any atom is -0.222 e. The molecule has 0 aliphatic heterocycles. The highest BCUT2D eigenvalue weighted by atomic mass is 16.8. The molecule has 0 aliphatic rings. The second-order valence-electron chi connectivity index (χ2n) is 7.24. The Bertz CT molecular complexity index is 1030. The lowest BCUT2D eigenvalue weighted by atomic mass is 10.0. The number of aryl methyl sites for hydroxylation is 2. The average Bonchev–Trinajstić information content (AvgIpc) is 2.75. The van der Waals surface area contributed by atoms with Crippen molar-refractivity contribution in [3.63, 3.8) is 0 Å². The molecule has 2 heterocycles. The molecule has 148 valence electrons. The highest BCUT2D eigenvalue weighted by molar-refractivity contribution is 5.80. The minimum atomic E-state index is 0.115. The zero-order chi connectivity index (χ0) is 20.1. The summed E-state index contributed by atoms with van der Waals surface area (Å²) in [6.45, 7) is 4.52. The van der Waals surface area contributed by atoms with Crippen LogP contribution in [0.15, 0.2) is 73.1 Å². The van der Waals surface area contributed by atoms with Crippen LogP contribution in [-0.4, -0.2) is 6.79 Å². The summed E-state index contributed by atoms with van der Waals surface area (Å²) >= 11 is 0. The maximum Gasteiger partial charge on any atom is 0.364 e. The number of nitrogens with zero attached hydrogens (tertiary/aromatic N) is 2. The van der Waals surface area contributed by atoms with E-state index < -0.39 is 0 Å². The molecule has 0 bridgehead atoms. The summed E-state index contributed by atoms with van der Waals surface area (Å²) in [5.41, 5.74) is 4.79. The number of hydrogen-bond acceptors (Lipinski definition) is 2. The van der Waals surface area contributed by atoms with E-state index >= 15 is 0 Å². The molecule has 0 unspecified atom stereocenters. The van der Waals surface area contributed by atoms with Crippen molar-refractivity contribution in [2.75, 3.05) is 6.79 Å². The topological polar surface area (TPSA) is 26.2 Å². The molecule has 0 fully saturated rings. The van der Waals surface area contributed by atoms with Crippen molar-refractivity contribution in [1.29, 1.82) is 0 Å². The molecule has 0 spiro atoms. The molecule has 29 heavy (non-hydrogen) atoms. The largest absolute Gasteiger partial charge is 0.364 e. The van der Waals surface area contributed by atoms with Crippen molar-refractivity contribution in [3.05, 3.63) is 84.2 Å². The van der Waals surface area contributed by atoms with Crippen LogP contribution >= 0.6 is 0 Å². The van der Waals surface area contributed by atoms with Gasteiger partial charge in [-0.15, -0.1) is 0 Å². The Morgan fingerprint density at radius 3 is 1.55 bits per heavy atom. The Hall–Kier alpha value is -3.14. The summed E-state index contributed by atoms with van der Waals surface area (Å²) in [6, 6.07) is 21.0. The van der Waals surface area contributed by atoms with E-state index in [9.17, 15) is 0 Å². The summed E-state index contributed by atoms with van der Waals surface area (Å²) in [5.74, 6) is 0. The van der Waals surface area contributed by atoms with Gasteiger partial charge in [0.15, 0.2) is 0 Å². The van der Waals surface area contributed by atoms with Crippen LogP contribution in [0.5, 0.6) is 0 Å². The number of benzene rings is 2. The monoisotopic (exact) mass is 388 g/mol. The van der Waals surface area contributed by atoms with E-state index in [2.05, 4.69) is 62.4 Å². The third-order valence-corrected chi connectivity index (χ3v) is 5.21. The molecular formula is C25H28N2O2+2. The fourth-order valence-corrected chi connectivity index (χ4v) is 3.90. The summed E-state index contributed by atoms with van der Waals surface area (Å²) in [4.78, 5) is 11.9. The predicted molar refractivity (Wildman–Crippen MR) is 114 cm³/mol. The van der Waals surface area contributed by atoms with Crippen molar-refractivity contribution < 1.29 is 19.1 Å². The third-order valence-electron chi connectivity index (χ3n) is 5.21. The third kappa shape index (κ3) is 4.02. The van der Waals surface area contributed by atoms with Crippen molar-refractivity contribution in [1.82, 2.24) is 0 Å². The zero-order valence-electron chi connectivity index (χ0n) is 17.2. The van der Waals surface area contributed by atoms with Gasteiger partial charge in [0.25, 0.3) is 11.0 Å². The molecule has 4 heteroatoms. The molecule has 2 aromatic heterocycles. The fraction of sp³-hybridized carbons (Fsp3) is 0.280. The highest BCUT2D eigenvalue weighted by Gasteiger charge is 2.16. The Kier molecular flexibility index (Phi) is 5.89. The van der Waals surface area contributed by atoms with Crippen molar-refractivity contribution in [2.45, 2.75) is 39.5 Å². The number of fused-ring (bicyclic) bond motifs is 2. The van der Waals surface area contributed by atoms with Gasteiger partial charge in [-0.2, -0.15) is 0 Å². The van der Waals surface area contributed by atoms with Crippen molar-refractivity contribution >= 4 is 21.8 Å². The maximum atomic E-state index is 5.96. The van der Waals surface area contributed by atoms with Gasteiger partial charge < -0.3 is 0 Å². The first-order chi connectivity index (χ1) is 14.3. The van der Waals surface area contributed by atoms with Crippen LogP contribution in [0, 0.1) is 0 Å². The molecule has 0 atom stereocenters. The number of rotatable bonds is 8. The quantitative estimate of drug-likeness (QED) is 0.337. The van der Waals surface area contributed by atoms with Crippen LogP contribution in [0.2, 0.25) is 0 Å². The van der Waals surface area contributed by atoms with Gasteiger partial charge in [-0.05, 0) is 36.1 Å². The Morgan fingerprint density at radius 1 is 0.621 bits per heavy atom. The summed E-state index contributed by atoms with van der Waals surface area (Å²) in [6.07, 6.45) is 8.21. The van der Waals surface area contributed by atoms with Crippen LogP contribution in [-0.2, 0) is 12.8 Å². The van der Waals surface area contributed by atoms with Gasteiger partial charge in [-0.3, -0.25) is 0 Å². The molecule has 2 aromatic carbocycles. The van der Waals surface area contributed by atoms with Gasteiger partial charge in [0, 0.05) is 33.7 Å². The molecule has 0 aliphatic carbocycles. The van der Waals surface area contributed by atoms with Gasteiger partial charge >= 0.3 is 6.79 Å². The van der Waals surface area contributed by atoms with E-state index in [1.165, 1.54) is 21.9 Å². The smallest absolute Gasteiger partial charge is 0.222 e.